The van der Waals surface area contributed by atoms with Gasteiger partial charge in [0.1, 0.15) is 0 Å². The fraction of sp³-hybridized carbons (Fsp3) is 0.611. The molecule has 0 unspecified atom stereocenters. The molecule has 1 aliphatic carbocycles. The van der Waals surface area contributed by atoms with E-state index < -0.39 is 35.0 Å². The summed E-state index contributed by atoms with van der Waals surface area (Å²) < 4.78 is 67.2. The van der Waals surface area contributed by atoms with Gasteiger partial charge in [0.2, 0.25) is 5.92 Å². The van der Waals surface area contributed by atoms with Crippen molar-refractivity contribution in [3.05, 3.63) is 28.3 Å². The van der Waals surface area contributed by atoms with Gasteiger partial charge in [0.15, 0.2) is 0 Å². The lowest BCUT2D eigenvalue weighted by Gasteiger charge is -2.29. The predicted molar refractivity (Wildman–Crippen MR) is 92.6 cm³/mol. The van der Waals surface area contributed by atoms with E-state index in [-0.39, 0.29) is 43.2 Å². The van der Waals surface area contributed by atoms with Crippen LogP contribution in [0, 0.1) is 0 Å². The van der Waals surface area contributed by atoms with Crippen LogP contribution in [0.15, 0.2) is 12.1 Å². The summed E-state index contributed by atoms with van der Waals surface area (Å²) in [5, 5.41) is 2.20. The maximum atomic E-state index is 13.7. The molecule has 1 saturated heterocycles. The van der Waals surface area contributed by atoms with Gasteiger partial charge in [-0.25, -0.2) is 8.78 Å². The first-order valence-corrected chi connectivity index (χ1v) is 9.29. The minimum Gasteiger partial charge on any atom is -0.371 e. The maximum Gasteiger partial charge on any atom is 0.417 e. The van der Waals surface area contributed by atoms with Gasteiger partial charge in [0, 0.05) is 32.0 Å². The molecule has 150 valence electrons. The SMILES string of the molecule is O=C(NC1CCC1)c1cc(Cl)c(C(F)(F)F)cc1N1CCCC(F)(F)CC1. The van der Waals surface area contributed by atoms with E-state index in [1.807, 2.05) is 0 Å². The molecule has 1 aromatic rings. The van der Waals surface area contributed by atoms with Crippen LogP contribution >= 0.6 is 11.6 Å². The number of anilines is 1. The van der Waals surface area contributed by atoms with E-state index in [2.05, 4.69) is 5.32 Å². The van der Waals surface area contributed by atoms with Crippen molar-refractivity contribution in [1.29, 1.82) is 0 Å². The molecule has 9 heteroatoms. The lowest BCUT2D eigenvalue weighted by molar-refractivity contribution is -0.137. The zero-order chi connectivity index (χ0) is 19.8. The number of alkyl halides is 5. The molecule has 27 heavy (non-hydrogen) atoms. The Hall–Kier alpha value is -1.57. The molecule has 2 fully saturated rings. The second kappa shape index (κ2) is 7.45. The molecule has 1 aliphatic heterocycles. The molecule has 1 saturated carbocycles. The van der Waals surface area contributed by atoms with Crippen LogP contribution in [-0.2, 0) is 6.18 Å². The second-order valence-electron chi connectivity index (χ2n) is 7.14. The summed E-state index contributed by atoms with van der Waals surface area (Å²) in [6.07, 6.45) is -2.78. The molecule has 1 amide bonds. The monoisotopic (exact) mass is 410 g/mol. The molecule has 1 aromatic carbocycles. The van der Waals surface area contributed by atoms with E-state index in [0.29, 0.717) is 0 Å². The predicted octanol–water partition coefficient (Wildman–Crippen LogP) is 5.27. The molecule has 0 bridgehead atoms. The van der Waals surface area contributed by atoms with Crippen LogP contribution in [0.1, 0.15) is 54.4 Å². The Morgan fingerprint density at radius 1 is 1.15 bits per heavy atom. The topological polar surface area (TPSA) is 32.3 Å². The molecule has 0 radical (unpaired) electrons. The van der Waals surface area contributed by atoms with Gasteiger partial charge in [-0.3, -0.25) is 4.79 Å². The van der Waals surface area contributed by atoms with E-state index in [1.54, 1.807) is 0 Å². The number of amides is 1. The molecule has 1 N–H and O–H groups in total. The minimum atomic E-state index is -4.70. The maximum absolute atomic E-state index is 13.7. The average molecular weight is 411 g/mol. The number of rotatable bonds is 3. The van der Waals surface area contributed by atoms with Crippen LogP contribution in [0.4, 0.5) is 27.6 Å². The fourth-order valence-corrected chi connectivity index (χ4v) is 3.61. The van der Waals surface area contributed by atoms with Crippen LogP contribution in [-0.4, -0.2) is 31.0 Å². The molecular formula is C18H20ClF5N2O. The zero-order valence-electron chi connectivity index (χ0n) is 14.5. The summed E-state index contributed by atoms with van der Waals surface area (Å²) in [5.41, 5.74) is -1.08. The first-order chi connectivity index (χ1) is 12.6. The van der Waals surface area contributed by atoms with Gasteiger partial charge in [-0.2, -0.15) is 13.2 Å². The number of halogens is 6. The highest BCUT2D eigenvalue weighted by Gasteiger charge is 2.37. The number of hydrogen-bond donors (Lipinski definition) is 1. The third-order valence-electron chi connectivity index (χ3n) is 5.13. The number of nitrogens with one attached hydrogen (secondary N) is 1. The molecule has 3 rings (SSSR count). The lowest BCUT2D eigenvalue weighted by Crippen LogP contribution is -2.40. The van der Waals surface area contributed by atoms with E-state index >= 15 is 0 Å². The van der Waals surface area contributed by atoms with Crippen molar-refractivity contribution in [3.8, 4) is 0 Å². The normalized spacial score (nSPS) is 20.7. The molecule has 0 atom stereocenters. The third kappa shape index (κ3) is 4.65. The second-order valence-corrected chi connectivity index (χ2v) is 7.55. The van der Waals surface area contributed by atoms with Gasteiger partial charge in [0.05, 0.1) is 21.8 Å². The van der Waals surface area contributed by atoms with Crippen molar-refractivity contribution >= 4 is 23.2 Å². The number of carbonyl (C=O) groups excluding carboxylic acids is 1. The molecule has 0 aromatic heterocycles. The van der Waals surface area contributed by atoms with Crippen molar-refractivity contribution in [1.82, 2.24) is 5.32 Å². The number of benzene rings is 1. The van der Waals surface area contributed by atoms with Gasteiger partial charge >= 0.3 is 6.18 Å². The van der Waals surface area contributed by atoms with Crippen molar-refractivity contribution in [2.75, 3.05) is 18.0 Å². The van der Waals surface area contributed by atoms with E-state index in [9.17, 15) is 26.7 Å². The van der Waals surface area contributed by atoms with E-state index in [4.69, 9.17) is 11.6 Å². The summed E-state index contributed by atoms with van der Waals surface area (Å²) >= 11 is 5.79. The lowest BCUT2D eigenvalue weighted by atomic mass is 9.92. The minimum absolute atomic E-state index is 0.00116. The van der Waals surface area contributed by atoms with Crippen LogP contribution < -0.4 is 10.2 Å². The van der Waals surface area contributed by atoms with Gasteiger partial charge in [-0.05, 0) is 37.8 Å². The van der Waals surface area contributed by atoms with Crippen molar-refractivity contribution in [3.63, 3.8) is 0 Å². The Kier molecular flexibility index (Phi) is 5.57. The van der Waals surface area contributed by atoms with Crippen molar-refractivity contribution < 1.29 is 26.7 Å². The molecule has 1 heterocycles. The van der Waals surface area contributed by atoms with E-state index in [0.717, 1.165) is 31.4 Å². The average Bonchev–Trinajstić information content (AvgIpc) is 2.70. The van der Waals surface area contributed by atoms with Gasteiger partial charge in [-0.15, -0.1) is 0 Å². The summed E-state index contributed by atoms with van der Waals surface area (Å²) in [7, 11) is 0. The smallest absolute Gasteiger partial charge is 0.371 e. The first kappa shape index (κ1) is 20.2. The zero-order valence-corrected chi connectivity index (χ0v) is 15.3. The molecule has 3 nitrogen and oxygen atoms in total. The summed E-state index contributed by atoms with van der Waals surface area (Å²) in [6.45, 7) is 0.0217. The number of nitrogens with zero attached hydrogens (tertiary/aromatic N) is 1. The highest BCUT2D eigenvalue weighted by molar-refractivity contribution is 6.32. The number of carbonyl (C=O) groups is 1. The Labute approximate surface area is 158 Å². The summed E-state index contributed by atoms with van der Waals surface area (Å²) in [6, 6.07) is 1.79. The van der Waals surface area contributed by atoms with Gasteiger partial charge < -0.3 is 10.2 Å². The number of hydrogen-bond acceptors (Lipinski definition) is 2. The largest absolute Gasteiger partial charge is 0.417 e. The highest BCUT2D eigenvalue weighted by Crippen LogP contribution is 2.40. The van der Waals surface area contributed by atoms with Crippen molar-refractivity contribution in [2.24, 2.45) is 0 Å². The van der Waals surface area contributed by atoms with Crippen LogP contribution in [0.3, 0.4) is 0 Å². The molecular weight excluding hydrogens is 391 g/mol. The quantitative estimate of drug-likeness (QED) is 0.689. The summed E-state index contributed by atoms with van der Waals surface area (Å²) in [5.74, 6) is -3.39. The molecule has 0 spiro atoms. The van der Waals surface area contributed by atoms with Crippen LogP contribution in [0.5, 0.6) is 0 Å². The third-order valence-corrected chi connectivity index (χ3v) is 5.45. The Morgan fingerprint density at radius 2 is 1.85 bits per heavy atom. The fourth-order valence-electron chi connectivity index (χ4n) is 3.34. The van der Waals surface area contributed by atoms with Crippen molar-refractivity contribution in [2.45, 2.75) is 56.7 Å². The van der Waals surface area contributed by atoms with Gasteiger partial charge in [0.25, 0.3) is 5.91 Å². The Balaban J connectivity index is 1.98. The van der Waals surface area contributed by atoms with Crippen LogP contribution in [0.2, 0.25) is 5.02 Å². The van der Waals surface area contributed by atoms with Gasteiger partial charge in [-0.1, -0.05) is 11.6 Å². The Morgan fingerprint density at radius 3 is 2.44 bits per heavy atom. The molecule has 2 aliphatic rings. The standard InChI is InChI=1S/C18H20ClF5N2O/c19-14-9-12(16(27)25-11-3-1-4-11)15(10-13(14)18(22,23)24)26-7-2-5-17(20,21)6-8-26/h9-11H,1-8H2,(H,25,27). The summed E-state index contributed by atoms with van der Waals surface area (Å²) in [4.78, 5) is 14.0. The Bertz CT molecular complexity index is 718. The first-order valence-electron chi connectivity index (χ1n) is 8.91. The van der Waals surface area contributed by atoms with E-state index in [1.165, 1.54) is 4.90 Å². The highest BCUT2D eigenvalue weighted by atomic mass is 35.5. The van der Waals surface area contributed by atoms with Crippen LogP contribution in [0.25, 0.3) is 0 Å².